The van der Waals surface area contributed by atoms with Crippen LogP contribution in [0.1, 0.15) is 16.9 Å². The minimum Gasteiger partial charge on any atom is -0.469 e. The van der Waals surface area contributed by atoms with E-state index in [1.807, 2.05) is 24.3 Å². The Hall–Kier alpha value is -1.37. The second kappa shape index (κ2) is 6.39. The zero-order chi connectivity index (χ0) is 14.6. The van der Waals surface area contributed by atoms with Crippen molar-refractivity contribution in [3.05, 3.63) is 63.4 Å². The Morgan fingerprint density at radius 3 is 2.55 bits per heavy atom. The second-order valence-corrected chi connectivity index (χ2v) is 6.79. The molecule has 2 rings (SSSR count). The first kappa shape index (κ1) is 15.0. The number of hydrogen-bond acceptors (Lipinski definition) is 3. The van der Waals surface area contributed by atoms with Gasteiger partial charge >= 0.3 is 0 Å². The molecule has 1 N–H and O–H groups in total. The molecule has 0 aliphatic carbocycles. The lowest BCUT2D eigenvalue weighted by atomic mass is 10.2. The summed E-state index contributed by atoms with van der Waals surface area (Å²) in [6.45, 7) is 2.01. The molecular weight excluding hydrogens is 342 g/mol. The Bertz CT molecular complexity index is 702. The molecule has 0 aliphatic rings. The third-order valence-corrected chi connectivity index (χ3v) is 4.31. The molecule has 0 saturated heterocycles. The smallest absolute Gasteiger partial charge is 0.234 e. The molecule has 0 aliphatic heterocycles. The molecule has 106 valence electrons. The number of rotatable bonds is 5. The van der Waals surface area contributed by atoms with Crippen molar-refractivity contribution in [2.75, 3.05) is 0 Å². The molecule has 0 unspecified atom stereocenters. The van der Waals surface area contributed by atoms with E-state index in [4.69, 9.17) is 4.42 Å². The van der Waals surface area contributed by atoms with Crippen LogP contribution in [-0.4, -0.2) is 8.42 Å². The van der Waals surface area contributed by atoms with Crippen LogP contribution in [0.5, 0.6) is 0 Å². The molecular formula is C14H14BrNO3S. The van der Waals surface area contributed by atoms with Gasteiger partial charge in [0.2, 0.25) is 10.0 Å². The first-order valence-electron chi connectivity index (χ1n) is 5.92. The van der Waals surface area contributed by atoms with Gasteiger partial charge < -0.3 is 4.42 Å². The zero-order valence-electron chi connectivity index (χ0n) is 10.8. The van der Waals surface area contributed by atoms with Gasteiger partial charge in [-0.2, -0.15) is 0 Å². The summed E-state index contributed by atoms with van der Waals surface area (Å²) >= 11 is 3.33. The van der Waals surface area contributed by atoms with E-state index in [0.29, 0.717) is 5.76 Å². The van der Waals surface area contributed by atoms with E-state index in [2.05, 4.69) is 20.7 Å². The van der Waals surface area contributed by atoms with Gasteiger partial charge in [0.05, 0.1) is 6.26 Å². The predicted octanol–water partition coefficient (Wildman–Crippen LogP) is 3.44. The minimum absolute atomic E-state index is 0.218. The molecule has 1 aromatic heterocycles. The van der Waals surface area contributed by atoms with Crippen molar-refractivity contribution in [3.63, 3.8) is 0 Å². The maximum absolute atomic E-state index is 11.8. The molecule has 0 fully saturated rings. The zero-order valence-corrected chi connectivity index (χ0v) is 13.2. The van der Waals surface area contributed by atoms with Crippen molar-refractivity contribution in [2.45, 2.75) is 13.5 Å². The fraction of sp³-hybridized carbons (Fsp3) is 0.143. The SMILES string of the molecule is Cc1occc1CNS(=O)(=O)/C=C/c1ccc(Br)cc1. The first-order valence-corrected chi connectivity index (χ1v) is 8.26. The van der Waals surface area contributed by atoms with Gasteiger partial charge in [0.15, 0.2) is 0 Å². The van der Waals surface area contributed by atoms with Crippen LogP contribution in [0.2, 0.25) is 0 Å². The Morgan fingerprint density at radius 1 is 1.25 bits per heavy atom. The van der Waals surface area contributed by atoms with Crippen molar-refractivity contribution >= 4 is 32.0 Å². The summed E-state index contributed by atoms with van der Waals surface area (Å²) < 4.78 is 32.2. The highest BCUT2D eigenvalue weighted by Crippen LogP contribution is 2.12. The maximum atomic E-state index is 11.8. The highest BCUT2D eigenvalue weighted by molar-refractivity contribution is 9.10. The van der Waals surface area contributed by atoms with E-state index in [9.17, 15) is 8.42 Å². The van der Waals surface area contributed by atoms with Gasteiger partial charge in [0.1, 0.15) is 5.76 Å². The Labute approximate surface area is 126 Å². The fourth-order valence-electron chi connectivity index (χ4n) is 1.56. The number of hydrogen-bond donors (Lipinski definition) is 1. The highest BCUT2D eigenvalue weighted by atomic mass is 79.9. The average molecular weight is 356 g/mol. The van der Waals surface area contributed by atoms with Crippen molar-refractivity contribution in [3.8, 4) is 0 Å². The minimum atomic E-state index is -3.47. The van der Waals surface area contributed by atoms with Crippen LogP contribution in [0.3, 0.4) is 0 Å². The summed E-state index contributed by atoms with van der Waals surface area (Å²) in [4.78, 5) is 0. The van der Waals surface area contributed by atoms with Gasteiger partial charge in [0, 0.05) is 22.0 Å². The molecule has 4 nitrogen and oxygen atoms in total. The van der Waals surface area contributed by atoms with Crippen molar-refractivity contribution < 1.29 is 12.8 Å². The van der Waals surface area contributed by atoms with Gasteiger partial charge in [-0.15, -0.1) is 0 Å². The summed E-state index contributed by atoms with van der Waals surface area (Å²) in [6.07, 6.45) is 3.09. The number of benzene rings is 1. The molecule has 0 saturated carbocycles. The molecule has 1 heterocycles. The molecule has 0 atom stereocenters. The quantitative estimate of drug-likeness (QED) is 0.893. The molecule has 0 bridgehead atoms. The molecule has 2 aromatic rings. The third kappa shape index (κ3) is 4.33. The van der Waals surface area contributed by atoms with Crippen LogP contribution in [0.4, 0.5) is 0 Å². The van der Waals surface area contributed by atoms with E-state index in [1.165, 1.54) is 6.26 Å². The fourth-order valence-corrected chi connectivity index (χ4v) is 2.62. The standard InChI is InChI=1S/C14H14BrNO3S/c1-11-13(6-8-19-11)10-16-20(17,18)9-7-12-2-4-14(15)5-3-12/h2-9,16H,10H2,1H3/b9-7+. The number of nitrogens with one attached hydrogen (secondary N) is 1. The lowest BCUT2D eigenvalue weighted by Gasteiger charge is -2.01. The average Bonchev–Trinajstić information content (AvgIpc) is 2.82. The number of sulfonamides is 1. The number of furan rings is 1. The van der Waals surface area contributed by atoms with E-state index in [1.54, 1.807) is 19.1 Å². The van der Waals surface area contributed by atoms with Gasteiger partial charge in [-0.05, 0) is 36.8 Å². The van der Waals surface area contributed by atoms with Crippen LogP contribution in [0.25, 0.3) is 6.08 Å². The predicted molar refractivity (Wildman–Crippen MR) is 82.4 cm³/mol. The monoisotopic (exact) mass is 355 g/mol. The molecule has 0 amide bonds. The van der Waals surface area contributed by atoms with Gasteiger partial charge in [-0.3, -0.25) is 0 Å². The van der Waals surface area contributed by atoms with Crippen LogP contribution in [-0.2, 0) is 16.6 Å². The van der Waals surface area contributed by atoms with Crippen LogP contribution in [0, 0.1) is 6.92 Å². The van der Waals surface area contributed by atoms with Gasteiger partial charge in [0.25, 0.3) is 0 Å². The molecule has 1 aromatic carbocycles. The van der Waals surface area contributed by atoms with Crippen LogP contribution < -0.4 is 4.72 Å². The van der Waals surface area contributed by atoms with Crippen LogP contribution >= 0.6 is 15.9 Å². The van der Waals surface area contributed by atoms with E-state index >= 15 is 0 Å². The summed E-state index contributed by atoms with van der Waals surface area (Å²) in [5.74, 6) is 0.713. The van der Waals surface area contributed by atoms with Gasteiger partial charge in [-0.25, -0.2) is 13.1 Å². The Balaban J connectivity index is 2.00. The molecule has 0 spiro atoms. The third-order valence-electron chi connectivity index (χ3n) is 2.74. The first-order chi connectivity index (χ1) is 9.46. The molecule has 20 heavy (non-hydrogen) atoms. The summed E-state index contributed by atoms with van der Waals surface area (Å²) in [7, 11) is -3.47. The van der Waals surface area contributed by atoms with Crippen molar-refractivity contribution in [1.29, 1.82) is 0 Å². The Morgan fingerprint density at radius 2 is 1.95 bits per heavy atom. The second-order valence-electron chi connectivity index (χ2n) is 4.22. The lowest BCUT2D eigenvalue weighted by Crippen LogP contribution is -2.20. The summed E-state index contributed by atoms with van der Waals surface area (Å²) in [5.41, 5.74) is 1.64. The molecule has 6 heteroatoms. The topological polar surface area (TPSA) is 59.3 Å². The normalized spacial score (nSPS) is 12.1. The van der Waals surface area contributed by atoms with E-state index < -0.39 is 10.0 Å². The maximum Gasteiger partial charge on any atom is 0.234 e. The van der Waals surface area contributed by atoms with Crippen molar-refractivity contribution in [2.24, 2.45) is 0 Å². The van der Waals surface area contributed by atoms with Crippen molar-refractivity contribution in [1.82, 2.24) is 4.72 Å². The van der Waals surface area contributed by atoms with E-state index in [0.717, 1.165) is 21.0 Å². The summed E-state index contributed by atoms with van der Waals surface area (Å²) in [5, 5.41) is 1.16. The van der Waals surface area contributed by atoms with Crippen LogP contribution in [0.15, 0.2) is 50.9 Å². The summed E-state index contributed by atoms with van der Waals surface area (Å²) in [6, 6.07) is 9.12. The van der Waals surface area contributed by atoms with Gasteiger partial charge in [-0.1, -0.05) is 28.1 Å². The Kier molecular flexibility index (Phi) is 4.80. The van der Waals surface area contributed by atoms with E-state index in [-0.39, 0.29) is 6.54 Å². The highest BCUT2D eigenvalue weighted by Gasteiger charge is 2.07. The lowest BCUT2D eigenvalue weighted by molar-refractivity contribution is 0.528. The number of halogens is 1. The number of aryl methyl sites for hydroxylation is 1. The molecule has 0 radical (unpaired) electrons. The largest absolute Gasteiger partial charge is 0.469 e.